The van der Waals surface area contributed by atoms with Crippen molar-refractivity contribution in [3.8, 4) is 0 Å². The Bertz CT molecular complexity index is 316. The summed E-state index contributed by atoms with van der Waals surface area (Å²) >= 11 is 0. The van der Waals surface area contributed by atoms with E-state index in [1.54, 1.807) is 0 Å². The molecule has 4 nitrogen and oxygen atoms in total. The Morgan fingerprint density at radius 3 is 2.43 bits per heavy atom. The number of hydrogen-bond acceptors (Lipinski definition) is 4. The van der Waals surface area contributed by atoms with Crippen LogP contribution < -0.4 is 5.32 Å². The fourth-order valence-electron chi connectivity index (χ4n) is 2.99. The molecule has 1 fully saturated rings. The highest BCUT2D eigenvalue weighted by Crippen LogP contribution is 2.41. The van der Waals surface area contributed by atoms with E-state index in [0.29, 0.717) is 18.4 Å². The van der Waals surface area contributed by atoms with Crippen molar-refractivity contribution in [2.24, 2.45) is 11.8 Å². The fraction of sp³-hybridized carbons (Fsp3) is 0.941. The van der Waals surface area contributed by atoms with E-state index in [1.807, 2.05) is 6.92 Å². The van der Waals surface area contributed by atoms with Gasteiger partial charge in [0.2, 0.25) is 0 Å². The van der Waals surface area contributed by atoms with Gasteiger partial charge in [-0.15, -0.1) is 0 Å². The van der Waals surface area contributed by atoms with E-state index >= 15 is 0 Å². The van der Waals surface area contributed by atoms with Crippen LogP contribution in [0.2, 0.25) is 0 Å². The molecular formula is C17H34N2O2. The Hall–Kier alpha value is -0.610. The minimum Gasteiger partial charge on any atom is -0.465 e. The molecule has 1 N–H and O–H groups in total. The zero-order chi connectivity index (χ0) is 15.9. The van der Waals surface area contributed by atoms with Gasteiger partial charge >= 0.3 is 5.97 Å². The zero-order valence-electron chi connectivity index (χ0n) is 14.6. The molecule has 0 saturated heterocycles. The van der Waals surface area contributed by atoms with Crippen LogP contribution in [-0.4, -0.2) is 49.2 Å². The van der Waals surface area contributed by atoms with Crippen molar-refractivity contribution >= 4 is 5.97 Å². The number of likely N-dealkylation sites (N-methyl/N-ethyl adjacent to an activating group) is 1. The lowest BCUT2D eigenvalue weighted by atomic mass is 9.91. The Morgan fingerprint density at radius 2 is 2.00 bits per heavy atom. The van der Waals surface area contributed by atoms with Crippen LogP contribution in [-0.2, 0) is 9.53 Å². The average molecular weight is 298 g/mol. The number of nitrogens with one attached hydrogen (secondary N) is 1. The Balaban J connectivity index is 2.89. The molecule has 21 heavy (non-hydrogen) atoms. The summed E-state index contributed by atoms with van der Waals surface area (Å²) in [5.41, 5.74) is -0.503. The maximum Gasteiger partial charge on any atom is 0.327 e. The first-order chi connectivity index (χ1) is 10.00. The van der Waals surface area contributed by atoms with Crippen LogP contribution in [0, 0.1) is 11.8 Å². The fourth-order valence-corrected chi connectivity index (χ4v) is 2.99. The van der Waals surface area contributed by atoms with E-state index in [-0.39, 0.29) is 5.97 Å². The number of nitrogens with zero attached hydrogens (tertiary/aromatic N) is 1. The molecule has 0 bridgehead atoms. The van der Waals surface area contributed by atoms with Crippen molar-refractivity contribution in [2.45, 2.75) is 59.4 Å². The summed E-state index contributed by atoms with van der Waals surface area (Å²) in [5, 5.41) is 3.55. The molecule has 0 spiro atoms. The minimum absolute atomic E-state index is 0.0526. The van der Waals surface area contributed by atoms with Crippen molar-refractivity contribution in [3.63, 3.8) is 0 Å². The standard InChI is InChI=1S/C17H34N2O2/c1-6-11-18-17(15-9-10-15,16(20)21-8-3)13-19(7-2)12-14(4)5/h14-15,18H,6-13H2,1-5H3. The van der Waals surface area contributed by atoms with Crippen LogP contribution in [0.5, 0.6) is 0 Å². The molecule has 0 amide bonds. The van der Waals surface area contributed by atoms with Gasteiger partial charge in [0.1, 0.15) is 5.54 Å². The third kappa shape index (κ3) is 5.26. The van der Waals surface area contributed by atoms with Gasteiger partial charge in [0.25, 0.3) is 0 Å². The third-order valence-electron chi connectivity index (χ3n) is 4.15. The minimum atomic E-state index is -0.503. The van der Waals surface area contributed by atoms with E-state index in [4.69, 9.17) is 4.74 Å². The molecule has 1 saturated carbocycles. The molecule has 0 aromatic carbocycles. The first-order valence-corrected chi connectivity index (χ1v) is 8.64. The quantitative estimate of drug-likeness (QED) is 0.596. The second-order valence-corrected chi connectivity index (χ2v) is 6.61. The SMILES string of the molecule is CCCNC(CN(CC)CC(C)C)(C(=O)OCC)C1CC1. The summed E-state index contributed by atoms with van der Waals surface area (Å²) in [5.74, 6) is 0.989. The van der Waals surface area contributed by atoms with E-state index in [1.165, 1.54) is 0 Å². The molecule has 0 radical (unpaired) electrons. The molecule has 1 aliphatic carbocycles. The lowest BCUT2D eigenvalue weighted by molar-refractivity contribution is -0.153. The summed E-state index contributed by atoms with van der Waals surface area (Å²) < 4.78 is 5.43. The maximum absolute atomic E-state index is 12.7. The highest BCUT2D eigenvalue weighted by Gasteiger charge is 2.52. The first-order valence-electron chi connectivity index (χ1n) is 8.64. The van der Waals surface area contributed by atoms with Gasteiger partial charge in [-0.25, -0.2) is 4.79 Å². The van der Waals surface area contributed by atoms with Gasteiger partial charge in [-0.2, -0.15) is 0 Å². The van der Waals surface area contributed by atoms with E-state index in [9.17, 15) is 4.79 Å². The van der Waals surface area contributed by atoms with E-state index in [2.05, 4.69) is 37.9 Å². The molecule has 124 valence electrons. The van der Waals surface area contributed by atoms with E-state index < -0.39 is 5.54 Å². The molecule has 1 aliphatic rings. The Kier molecular flexibility index (Phi) is 7.67. The second kappa shape index (κ2) is 8.74. The average Bonchev–Trinajstić information content (AvgIpc) is 3.26. The van der Waals surface area contributed by atoms with E-state index in [0.717, 1.165) is 45.4 Å². The van der Waals surface area contributed by atoms with Crippen molar-refractivity contribution in [1.82, 2.24) is 10.2 Å². The molecule has 1 unspecified atom stereocenters. The smallest absolute Gasteiger partial charge is 0.327 e. The van der Waals surface area contributed by atoms with Gasteiger partial charge in [-0.1, -0.05) is 27.7 Å². The van der Waals surface area contributed by atoms with Crippen molar-refractivity contribution in [2.75, 3.05) is 32.8 Å². The lowest BCUT2D eigenvalue weighted by Crippen LogP contribution is -2.61. The number of ether oxygens (including phenoxy) is 1. The van der Waals surface area contributed by atoms with Crippen LogP contribution >= 0.6 is 0 Å². The molecule has 0 heterocycles. The molecule has 1 atom stereocenters. The van der Waals surface area contributed by atoms with Crippen molar-refractivity contribution < 1.29 is 9.53 Å². The summed E-state index contributed by atoms with van der Waals surface area (Å²) in [6, 6.07) is 0. The van der Waals surface area contributed by atoms with Gasteiger partial charge < -0.3 is 15.0 Å². The van der Waals surface area contributed by atoms with Crippen LogP contribution in [0.4, 0.5) is 0 Å². The van der Waals surface area contributed by atoms with Crippen LogP contribution in [0.3, 0.4) is 0 Å². The molecule has 1 rings (SSSR count). The second-order valence-electron chi connectivity index (χ2n) is 6.61. The van der Waals surface area contributed by atoms with Gasteiger partial charge in [0.15, 0.2) is 0 Å². The number of carbonyl (C=O) groups excluding carboxylic acids is 1. The number of hydrogen-bond donors (Lipinski definition) is 1. The van der Waals surface area contributed by atoms with Crippen LogP contribution in [0.25, 0.3) is 0 Å². The molecule has 0 aliphatic heterocycles. The molecule has 0 aromatic heterocycles. The molecule has 0 aromatic rings. The van der Waals surface area contributed by atoms with Gasteiger partial charge in [0, 0.05) is 13.1 Å². The predicted octanol–water partition coefficient (Wildman–Crippen LogP) is 2.68. The highest BCUT2D eigenvalue weighted by atomic mass is 16.5. The van der Waals surface area contributed by atoms with Crippen LogP contribution in [0.15, 0.2) is 0 Å². The van der Waals surface area contributed by atoms with Gasteiger partial charge in [-0.05, 0) is 51.1 Å². The summed E-state index contributed by atoms with van der Waals surface area (Å²) in [6.45, 7) is 14.7. The Labute approximate surface area is 130 Å². The normalized spacial score (nSPS) is 18.0. The molecular weight excluding hydrogens is 264 g/mol. The lowest BCUT2D eigenvalue weighted by Gasteiger charge is -2.38. The number of esters is 1. The summed E-state index contributed by atoms with van der Waals surface area (Å²) in [7, 11) is 0. The molecule has 4 heteroatoms. The summed E-state index contributed by atoms with van der Waals surface area (Å²) in [4.78, 5) is 15.1. The highest BCUT2D eigenvalue weighted by molar-refractivity contribution is 5.82. The predicted molar refractivity (Wildman–Crippen MR) is 87.3 cm³/mol. The zero-order valence-corrected chi connectivity index (χ0v) is 14.6. The van der Waals surface area contributed by atoms with Gasteiger partial charge in [-0.3, -0.25) is 0 Å². The number of carbonyl (C=O) groups is 1. The van der Waals surface area contributed by atoms with Crippen molar-refractivity contribution in [1.29, 1.82) is 0 Å². The summed E-state index contributed by atoms with van der Waals surface area (Å²) in [6.07, 6.45) is 3.30. The third-order valence-corrected chi connectivity index (χ3v) is 4.15. The monoisotopic (exact) mass is 298 g/mol. The topological polar surface area (TPSA) is 41.6 Å². The van der Waals surface area contributed by atoms with Crippen molar-refractivity contribution in [3.05, 3.63) is 0 Å². The number of rotatable bonds is 11. The maximum atomic E-state index is 12.7. The van der Waals surface area contributed by atoms with Crippen LogP contribution in [0.1, 0.15) is 53.9 Å². The largest absolute Gasteiger partial charge is 0.465 e. The first kappa shape index (κ1) is 18.4. The Morgan fingerprint density at radius 1 is 1.33 bits per heavy atom. The van der Waals surface area contributed by atoms with Gasteiger partial charge in [0.05, 0.1) is 6.61 Å².